The molecule has 2 aromatic heterocycles. The zero-order chi connectivity index (χ0) is 15.6. The van der Waals surface area contributed by atoms with Crippen LogP contribution in [0.5, 0.6) is 0 Å². The van der Waals surface area contributed by atoms with Crippen LogP contribution in [0.3, 0.4) is 0 Å². The third-order valence-corrected chi connectivity index (χ3v) is 3.23. The van der Waals surface area contributed by atoms with Gasteiger partial charge in [0.05, 0.1) is 6.61 Å². The molecule has 2 heterocycles. The molecule has 0 radical (unpaired) electrons. The van der Waals surface area contributed by atoms with Gasteiger partial charge in [-0.15, -0.1) is 0 Å². The molecule has 0 fully saturated rings. The summed E-state index contributed by atoms with van der Waals surface area (Å²) in [5.41, 5.74) is 2.87. The first-order valence-electron chi connectivity index (χ1n) is 7.09. The van der Waals surface area contributed by atoms with Gasteiger partial charge in [0.25, 0.3) is 5.78 Å². The molecule has 114 valence electrons. The summed E-state index contributed by atoms with van der Waals surface area (Å²) in [5.74, 6) is 0.409. The number of aromatic nitrogens is 4. The SMILES string of the molecule is Cc1nc2ncnn2c(C)c1CCC(=O)OCC(C)(C)C. The molecular formula is C15H22N4O2. The minimum atomic E-state index is -0.178. The van der Waals surface area contributed by atoms with Crippen LogP contribution in [-0.2, 0) is 16.0 Å². The van der Waals surface area contributed by atoms with Gasteiger partial charge in [0, 0.05) is 17.8 Å². The maximum atomic E-state index is 11.8. The molecule has 0 N–H and O–H groups in total. The Kier molecular flexibility index (Phi) is 4.25. The van der Waals surface area contributed by atoms with Gasteiger partial charge in [-0.1, -0.05) is 20.8 Å². The van der Waals surface area contributed by atoms with Crippen molar-refractivity contribution in [3.8, 4) is 0 Å². The molecule has 0 aliphatic rings. The maximum absolute atomic E-state index is 11.8. The van der Waals surface area contributed by atoms with Crippen LogP contribution >= 0.6 is 0 Å². The Morgan fingerprint density at radius 2 is 2.05 bits per heavy atom. The molecule has 2 rings (SSSR count). The smallest absolute Gasteiger partial charge is 0.306 e. The molecule has 0 spiro atoms. The van der Waals surface area contributed by atoms with Crippen molar-refractivity contribution in [1.82, 2.24) is 19.6 Å². The van der Waals surface area contributed by atoms with Gasteiger partial charge in [0.1, 0.15) is 6.33 Å². The first-order valence-corrected chi connectivity index (χ1v) is 7.09. The van der Waals surface area contributed by atoms with E-state index in [0.29, 0.717) is 25.2 Å². The lowest BCUT2D eigenvalue weighted by Crippen LogP contribution is -2.19. The van der Waals surface area contributed by atoms with Crippen molar-refractivity contribution in [3.05, 3.63) is 23.3 Å². The lowest BCUT2D eigenvalue weighted by molar-refractivity contribution is -0.146. The number of fused-ring (bicyclic) bond motifs is 1. The van der Waals surface area contributed by atoms with Crippen molar-refractivity contribution in [2.24, 2.45) is 5.41 Å². The summed E-state index contributed by atoms with van der Waals surface area (Å²) in [7, 11) is 0. The molecule has 2 aromatic rings. The largest absolute Gasteiger partial charge is 0.465 e. The monoisotopic (exact) mass is 290 g/mol. The number of carbonyl (C=O) groups excluding carboxylic acids is 1. The van der Waals surface area contributed by atoms with Crippen LogP contribution in [0.25, 0.3) is 5.78 Å². The number of ether oxygens (including phenoxy) is 1. The van der Waals surface area contributed by atoms with E-state index in [-0.39, 0.29) is 11.4 Å². The van der Waals surface area contributed by atoms with E-state index in [1.165, 1.54) is 6.33 Å². The Balaban J connectivity index is 2.05. The number of esters is 1. The zero-order valence-electron chi connectivity index (χ0n) is 13.3. The minimum absolute atomic E-state index is 0.0112. The van der Waals surface area contributed by atoms with Gasteiger partial charge < -0.3 is 4.74 Å². The average molecular weight is 290 g/mol. The quantitative estimate of drug-likeness (QED) is 0.808. The average Bonchev–Trinajstić information content (AvgIpc) is 2.83. The Morgan fingerprint density at radius 1 is 1.33 bits per heavy atom. The van der Waals surface area contributed by atoms with Crippen molar-refractivity contribution in [1.29, 1.82) is 0 Å². The summed E-state index contributed by atoms with van der Waals surface area (Å²) in [6.45, 7) is 10.4. The fourth-order valence-electron chi connectivity index (χ4n) is 2.11. The molecule has 0 bridgehead atoms. The van der Waals surface area contributed by atoms with Crippen LogP contribution in [0.15, 0.2) is 6.33 Å². The van der Waals surface area contributed by atoms with Crippen molar-refractivity contribution in [2.45, 2.75) is 47.5 Å². The predicted octanol–water partition coefficient (Wildman–Crippen LogP) is 2.26. The van der Waals surface area contributed by atoms with E-state index in [1.807, 2.05) is 34.6 Å². The Bertz CT molecular complexity index is 655. The molecule has 6 heteroatoms. The van der Waals surface area contributed by atoms with E-state index in [2.05, 4.69) is 15.1 Å². The van der Waals surface area contributed by atoms with Crippen LogP contribution in [-0.4, -0.2) is 32.2 Å². The van der Waals surface area contributed by atoms with Crippen molar-refractivity contribution >= 4 is 11.7 Å². The van der Waals surface area contributed by atoms with E-state index >= 15 is 0 Å². The van der Waals surface area contributed by atoms with Crippen LogP contribution in [0.4, 0.5) is 0 Å². The van der Waals surface area contributed by atoms with Crippen LogP contribution in [0.1, 0.15) is 44.1 Å². The van der Waals surface area contributed by atoms with Crippen LogP contribution in [0, 0.1) is 19.3 Å². The Morgan fingerprint density at radius 3 is 2.71 bits per heavy atom. The first kappa shape index (κ1) is 15.4. The van der Waals surface area contributed by atoms with Gasteiger partial charge in [0.15, 0.2) is 0 Å². The van der Waals surface area contributed by atoms with E-state index in [1.54, 1.807) is 4.52 Å². The lowest BCUT2D eigenvalue weighted by Gasteiger charge is -2.18. The van der Waals surface area contributed by atoms with Gasteiger partial charge in [-0.25, -0.2) is 9.50 Å². The van der Waals surface area contributed by atoms with Gasteiger partial charge in [0.2, 0.25) is 0 Å². The summed E-state index contributed by atoms with van der Waals surface area (Å²) in [6, 6.07) is 0. The predicted molar refractivity (Wildman–Crippen MR) is 79.0 cm³/mol. The Hall–Kier alpha value is -1.98. The molecule has 0 unspecified atom stereocenters. The first-order chi connectivity index (χ1) is 9.78. The number of nitrogens with zero attached hydrogens (tertiary/aromatic N) is 4. The molecular weight excluding hydrogens is 268 g/mol. The van der Waals surface area contributed by atoms with Crippen molar-refractivity contribution in [3.63, 3.8) is 0 Å². The van der Waals surface area contributed by atoms with Gasteiger partial charge in [-0.2, -0.15) is 10.1 Å². The van der Waals surface area contributed by atoms with Crippen LogP contribution < -0.4 is 0 Å². The second-order valence-electron chi connectivity index (χ2n) is 6.45. The van der Waals surface area contributed by atoms with E-state index in [0.717, 1.165) is 17.0 Å². The number of carbonyl (C=O) groups is 1. The molecule has 0 aromatic carbocycles. The molecule has 0 saturated carbocycles. The molecule has 0 saturated heterocycles. The highest BCUT2D eigenvalue weighted by molar-refractivity contribution is 5.69. The van der Waals surface area contributed by atoms with Crippen LogP contribution in [0.2, 0.25) is 0 Å². The highest BCUT2D eigenvalue weighted by Crippen LogP contribution is 2.16. The van der Waals surface area contributed by atoms with Crippen molar-refractivity contribution in [2.75, 3.05) is 6.61 Å². The second-order valence-corrected chi connectivity index (χ2v) is 6.45. The molecule has 0 atom stereocenters. The van der Waals surface area contributed by atoms with Gasteiger partial charge >= 0.3 is 5.97 Å². The molecule has 0 aliphatic carbocycles. The fraction of sp³-hybridized carbons (Fsp3) is 0.600. The number of aryl methyl sites for hydroxylation is 2. The third-order valence-electron chi connectivity index (χ3n) is 3.23. The standard InChI is InChI=1S/C15H22N4O2/c1-10-12(6-7-13(20)21-8-15(3,4)5)11(2)19-14(18-10)16-9-17-19/h9H,6-8H2,1-5H3. The summed E-state index contributed by atoms with van der Waals surface area (Å²) in [5, 5.41) is 4.14. The lowest BCUT2D eigenvalue weighted by atomic mass is 9.99. The molecule has 0 aliphatic heterocycles. The Labute approximate surface area is 124 Å². The summed E-state index contributed by atoms with van der Waals surface area (Å²) in [6.07, 6.45) is 2.43. The summed E-state index contributed by atoms with van der Waals surface area (Å²) in [4.78, 5) is 20.3. The normalized spacial score (nSPS) is 11.9. The van der Waals surface area contributed by atoms with Gasteiger partial charge in [-0.3, -0.25) is 4.79 Å². The minimum Gasteiger partial charge on any atom is -0.465 e. The second kappa shape index (κ2) is 5.79. The summed E-state index contributed by atoms with van der Waals surface area (Å²) < 4.78 is 6.98. The fourth-order valence-corrected chi connectivity index (χ4v) is 2.11. The van der Waals surface area contributed by atoms with E-state index in [9.17, 15) is 4.79 Å². The molecule has 0 amide bonds. The van der Waals surface area contributed by atoms with E-state index < -0.39 is 0 Å². The molecule has 6 nitrogen and oxygen atoms in total. The van der Waals surface area contributed by atoms with E-state index in [4.69, 9.17) is 4.74 Å². The van der Waals surface area contributed by atoms with Crippen molar-refractivity contribution < 1.29 is 9.53 Å². The third kappa shape index (κ3) is 3.77. The van der Waals surface area contributed by atoms with Gasteiger partial charge in [-0.05, 0) is 31.2 Å². The highest BCUT2D eigenvalue weighted by Gasteiger charge is 2.16. The maximum Gasteiger partial charge on any atom is 0.306 e. The number of hydrogen-bond acceptors (Lipinski definition) is 5. The topological polar surface area (TPSA) is 69.4 Å². The highest BCUT2D eigenvalue weighted by atomic mass is 16.5. The summed E-state index contributed by atoms with van der Waals surface area (Å²) >= 11 is 0. The zero-order valence-corrected chi connectivity index (χ0v) is 13.3. The number of rotatable bonds is 4. The molecule has 21 heavy (non-hydrogen) atoms. The number of hydrogen-bond donors (Lipinski definition) is 0.